The molecule has 0 spiro atoms. The Morgan fingerprint density at radius 3 is 2.41 bits per heavy atom. The van der Waals surface area contributed by atoms with Gasteiger partial charge in [0.1, 0.15) is 0 Å². The van der Waals surface area contributed by atoms with E-state index >= 15 is 0 Å². The molecule has 3 amide bonds. The van der Waals surface area contributed by atoms with Crippen molar-refractivity contribution in [3.63, 3.8) is 0 Å². The third-order valence-electron chi connectivity index (χ3n) is 4.96. The Morgan fingerprint density at radius 1 is 0.938 bits per heavy atom. The number of hydrogen-bond acceptors (Lipinski definition) is 5. The minimum Gasteiger partial charge on any atom is -0.369 e. The lowest BCUT2D eigenvalue weighted by Gasteiger charge is -2.36. The van der Waals surface area contributed by atoms with E-state index in [0.29, 0.717) is 16.5 Å². The fraction of sp³-hybridized carbons (Fsp3) is 0.364. The van der Waals surface area contributed by atoms with Gasteiger partial charge in [0.05, 0.1) is 5.75 Å². The summed E-state index contributed by atoms with van der Waals surface area (Å²) in [5, 5.41) is 3.96. The molecule has 1 aliphatic heterocycles. The van der Waals surface area contributed by atoms with Crippen molar-refractivity contribution in [2.75, 3.05) is 54.4 Å². The van der Waals surface area contributed by atoms with Crippen LogP contribution in [0.3, 0.4) is 0 Å². The van der Waals surface area contributed by atoms with E-state index in [4.69, 9.17) is 23.2 Å². The van der Waals surface area contributed by atoms with E-state index in [1.165, 1.54) is 5.69 Å². The molecule has 10 heteroatoms. The topological polar surface area (TPSA) is 76.7 Å². The van der Waals surface area contributed by atoms with Crippen molar-refractivity contribution in [2.45, 2.75) is 6.42 Å². The lowest BCUT2D eigenvalue weighted by molar-refractivity contribution is -0.119. The minimum absolute atomic E-state index is 0.239. The molecule has 1 saturated heterocycles. The van der Waals surface area contributed by atoms with Crippen molar-refractivity contribution in [1.82, 2.24) is 15.8 Å². The number of benzene rings is 2. The van der Waals surface area contributed by atoms with Gasteiger partial charge in [-0.3, -0.25) is 15.1 Å². The standard InChI is InChI=1S/C22H27Cl2N5O2S/c23-17-5-7-19(8-6-17)25-22(31)27-26-21(30)16-32-14-2-9-28-10-12-29(13-11-28)20-4-1-3-18(24)15-20/h1,3-8,15H,2,9-14,16H2,(H,26,30)(H2,25,27,31). The van der Waals surface area contributed by atoms with Gasteiger partial charge < -0.3 is 10.2 Å². The van der Waals surface area contributed by atoms with Gasteiger partial charge in [0.2, 0.25) is 5.91 Å². The molecule has 3 N–H and O–H groups in total. The van der Waals surface area contributed by atoms with Gasteiger partial charge in [-0.2, -0.15) is 11.8 Å². The van der Waals surface area contributed by atoms with Crippen molar-refractivity contribution < 1.29 is 9.59 Å². The predicted octanol–water partition coefficient (Wildman–Crippen LogP) is 4.09. The Labute approximate surface area is 202 Å². The second-order valence-electron chi connectivity index (χ2n) is 7.35. The average Bonchev–Trinajstić information content (AvgIpc) is 2.79. The van der Waals surface area contributed by atoms with E-state index in [1.54, 1.807) is 36.0 Å². The smallest absolute Gasteiger partial charge is 0.337 e. The van der Waals surface area contributed by atoms with Crippen LogP contribution >= 0.6 is 35.0 Å². The molecular formula is C22H27Cl2N5O2S. The van der Waals surface area contributed by atoms with E-state index in [1.807, 2.05) is 18.2 Å². The van der Waals surface area contributed by atoms with Crippen LogP contribution in [0.5, 0.6) is 0 Å². The quantitative estimate of drug-likeness (QED) is 0.379. The first kappa shape index (κ1) is 24.5. The summed E-state index contributed by atoms with van der Waals surface area (Å²) in [7, 11) is 0. The number of halogens is 2. The minimum atomic E-state index is -0.511. The maximum Gasteiger partial charge on any atom is 0.337 e. The second-order valence-corrected chi connectivity index (χ2v) is 9.33. The largest absolute Gasteiger partial charge is 0.369 e. The van der Waals surface area contributed by atoms with E-state index < -0.39 is 6.03 Å². The fourth-order valence-electron chi connectivity index (χ4n) is 3.32. The van der Waals surface area contributed by atoms with Crippen LogP contribution in [0.15, 0.2) is 48.5 Å². The van der Waals surface area contributed by atoms with Crippen LogP contribution in [0, 0.1) is 0 Å². The molecule has 3 rings (SSSR count). The van der Waals surface area contributed by atoms with Crippen molar-refractivity contribution in [2.24, 2.45) is 0 Å². The lowest BCUT2D eigenvalue weighted by atomic mass is 10.2. The number of anilines is 2. The zero-order valence-corrected chi connectivity index (χ0v) is 20.0. The van der Waals surface area contributed by atoms with Crippen molar-refractivity contribution in [3.8, 4) is 0 Å². The van der Waals surface area contributed by atoms with Crippen LogP contribution in [0.4, 0.5) is 16.2 Å². The summed E-state index contributed by atoms with van der Waals surface area (Å²) < 4.78 is 0. The molecule has 0 aliphatic carbocycles. The Morgan fingerprint density at radius 2 is 1.69 bits per heavy atom. The van der Waals surface area contributed by atoms with Gasteiger partial charge in [0.25, 0.3) is 0 Å². The van der Waals surface area contributed by atoms with Crippen LogP contribution in [0.1, 0.15) is 6.42 Å². The highest BCUT2D eigenvalue weighted by Gasteiger charge is 2.17. The van der Waals surface area contributed by atoms with E-state index in [9.17, 15) is 9.59 Å². The Hall–Kier alpha value is -2.13. The fourth-order valence-corrected chi connectivity index (χ4v) is 4.36. The molecule has 2 aromatic rings. The van der Waals surface area contributed by atoms with Gasteiger partial charge in [-0.25, -0.2) is 10.2 Å². The van der Waals surface area contributed by atoms with Crippen LogP contribution < -0.4 is 21.1 Å². The van der Waals surface area contributed by atoms with Crippen molar-refractivity contribution in [3.05, 3.63) is 58.6 Å². The second kappa shape index (κ2) is 12.8. The Balaban J connectivity index is 1.22. The van der Waals surface area contributed by atoms with E-state index in [0.717, 1.165) is 49.9 Å². The highest BCUT2D eigenvalue weighted by molar-refractivity contribution is 7.99. The lowest BCUT2D eigenvalue weighted by Crippen LogP contribution is -2.46. The molecule has 2 aromatic carbocycles. The van der Waals surface area contributed by atoms with Gasteiger partial charge in [-0.05, 0) is 61.2 Å². The normalized spacial score (nSPS) is 14.1. The number of hydrazine groups is 1. The molecule has 0 bridgehead atoms. The van der Waals surface area contributed by atoms with Crippen LogP contribution in [0.25, 0.3) is 0 Å². The third-order valence-corrected chi connectivity index (χ3v) is 6.49. The number of thioether (sulfide) groups is 1. The molecule has 0 atom stereocenters. The number of urea groups is 1. The van der Waals surface area contributed by atoms with Crippen molar-refractivity contribution in [1.29, 1.82) is 0 Å². The number of amides is 3. The van der Waals surface area contributed by atoms with Gasteiger partial charge in [0.15, 0.2) is 0 Å². The predicted molar refractivity (Wildman–Crippen MR) is 134 cm³/mol. The van der Waals surface area contributed by atoms with Crippen LogP contribution in [0.2, 0.25) is 10.0 Å². The Kier molecular flexibility index (Phi) is 9.80. The Bertz CT molecular complexity index is 892. The molecule has 0 unspecified atom stereocenters. The van der Waals surface area contributed by atoms with E-state index in [-0.39, 0.29) is 5.91 Å². The molecule has 1 heterocycles. The highest BCUT2D eigenvalue weighted by Crippen LogP contribution is 2.21. The molecule has 32 heavy (non-hydrogen) atoms. The van der Waals surface area contributed by atoms with Crippen molar-refractivity contribution >= 4 is 58.3 Å². The number of nitrogens with zero attached hydrogens (tertiary/aromatic N) is 2. The molecule has 1 aliphatic rings. The first-order valence-corrected chi connectivity index (χ1v) is 12.3. The van der Waals surface area contributed by atoms with E-state index in [2.05, 4.69) is 32.0 Å². The zero-order valence-electron chi connectivity index (χ0n) is 17.7. The SMILES string of the molecule is O=C(CSCCCN1CCN(c2cccc(Cl)c2)CC1)NNC(=O)Nc1ccc(Cl)cc1. The summed E-state index contributed by atoms with van der Waals surface area (Å²) in [5.41, 5.74) is 6.51. The number of rotatable bonds is 8. The van der Waals surface area contributed by atoms with Gasteiger partial charge in [-0.1, -0.05) is 29.3 Å². The number of hydrogen-bond donors (Lipinski definition) is 3. The molecule has 1 fully saturated rings. The summed E-state index contributed by atoms with van der Waals surface area (Å²) in [6.45, 7) is 5.02. The number of nitrogens with one attached hydrogen (secondary N) is 3. The monoisotopic (exact) mass is 495 g/mol. The number of carbonyl (C=O) groups is 2. The molecule has 0 aromatic heterocycles. The average molecular weight is 496 g/mol. The van der Waals surface area contributed by atoms with Gasteiger partial charge in [-0.15, -0.1) is 0 Å². The van der Waals surface area contributed by atoms with Crippen LogP contribution in [-0.2, 0) is 4.79 Å². The number of piperazine rings is 1. The molecule has 0 saturated carbocycles. The molecule has 7 nitrogen and oxygen atoms in total. The third kappa shape index (κ3) is 8.43. The maximum atomic E-state index is 11.9. The summed E-state index contributed by atoms with van der Waals surface area (Å²) in [6.07, 6.45) is 1.01. The van der Waals surface area contributed by atoms with Crippen LogP contribution in [-0.4, -0.2) is 61.1 Å². The number of carbonyl (C=O) groups excluding carboxylic acids is 2. The summed E-state index contributed by atoms with van der Waals surface area (Å²) in [6, 6.07) is 14.2. The van der Waals surface area contributed by atoms with Gasteiger partial charge >= 0.3 is 6.03 Å². The first-order chi connectivity index (χ1) is 15.5. The van der Waals surface area contributed by atoms with Gasteiger partial charge in [0, 0.05) is 47.6 Å². The summed E-state index contributed by atoms with van der Waals surface area (Å²) in [5.74, 6) is 0.944. The maximum absolute atomic E-state index is 11.9. The summed E-state index contributed by atoms with van der Waals surface area (Å²) >= 11 is 13.4. The molecule has 0 radical (unpaired) electrons. The first-order valence-electron chi connectivity index (χ1n) is 10.4. The highest BCUT2D eigenvalue weighted by atomic mass is 35.5. The zero-order chi connectivity index (χ0) is 22.8. The molecule has 172 valence electrons. The molecular weight excluding hydrogens is 469 g/mol. The summed E-state index contributed by atoms with van der Waals surface area (Å²) in [4.78, 5) is 28.5.